The monoisotopic (exact) mass is 572 g/mol. The Kier molecular flexibility index (Phi) is 9.11. The minimum Gasteiger partial charge on any atom is -0.488 e. The fourth-order valence-electron chi connectivity index (χ4n) is 4.93. The van der Waals surface area contributed by atoms with Gasteiger partial charge in [0.1, 0.15) is 23.4 Å². The zero-order valence-electron chi connectivity index (χ0n) is 23.5. The van der Waals surface area contributed by atoms with Crippen molar-refractivity contribution in [1.82, 2.24) is 0 Å². The van der Waals surface area contributed by atoms with Gasteiger partial charge in [0.25, 0.3) is 0 Å². The molecule has 7 nitrogen and oxygen atoms in total. The molecule has 41 heavy (non-hydrogen) atoms. The Hall–Kier alpha value is -4.01. The van der Waals surface area contributed by atoms with Crippen molar-refractivity contribution in [3.63, 3.8) is 0 Å². The number of benzene rings is 4. The standard InChI is InChI=1S/C33H36N2O5S/c1-25-32(34-41(2,36)37)14-7-15-33(25)35(22-26-9-4-3-5-10-26)23-27-16-18-28(19-17-27)39-29-11-6-12-30(21-29)40-31-13-8-20-38-24-31/h3-7,9-12,14-19,21,31,34H,8,13,20,22-24H2,1-2H3. The molecule has 0 aromatic heterocycles. The minimum absolute atomic E-state index is 0.0728. The van der Waals surface area contributed by atoms with E-state index in [1.807, 2.05) is 73.7 Å². The van der Waals surface area contributed by atoms with Gasteiger partial charge in [-0.3, -0.25) is 4.72 Å². The first kappa shape index (κ1) is 28.5. The van der Waals surface area contributed by atoms with Crippen molar-refractivity contribution < 1.29 is 22.6 Å². The van der Waals surface area contributed by atoms with Gasteiger partial charge in [-0.05, 0) is 72.9 Å². The molecule has 1 N–H and O–H groups in total. The quantitative estimate of drug-likeness (QED) is 0.210. The van der Waals surface area contributed by atoms with Gasteiger partial charge in [0.05, 0.1) is 18.6 Å². The number of rotatable bonds is 11. The molecule has 214 valence electrons. The minimum atomic E-state index is -3.40. The normalized spacial score (nSPS) is 15.2. The molecule has 4 aromatic carbocycles. The lowest BCUT2D eigenvalue weighted by molar-refractivity contribution is 0.00737. The summed E-state index contributed by atoms with van der Waals surface area (Å²) >= 11 is 0. The van der Waals surface area contributed by atoms with Gasteiger partial charge in [0, 0.05) is 31.5 Å². The van der Waals surface area contributed by atoms with E-state index < -0.39 is 10.0 Å². The Morgan fingerprint density at radius 1 is 0.854 bits per heavy atom. The number of sulfonamides is 1. The van der Waals surface area contributed by atoms with Crippen LogP contribution in [0.2, 0.25) is 0 Å². The van der Waals surface area contributed by atoms with Crippen LogP contribution in [0.1, 0.15) is 29.5 Å². The SMILES string of the molecule is Cc1c(NS(C)(=O)=O)cccc1N(Cc1ccccc1)Cc1ccc(Oc2cccc(OC3CCCOC3)c2)cc1. The third-order valence-corrected chi connectivity index (χ3v) is 7.51. The van der Waals surface area contributed by atoms with Crippen LogP contribution in [0.3, 0.4) is 0 Å². The first-order valence-corrected chi connectivity index (χ1v) is 15.7. The fraction of sp³-hybridized carbons (Fsp3) is 0.273. The van der Waals surface area contributed by atoms with Crippen LogP contribution in [-0.2, 0) is 27.8 Å². The van der Waals surface area contributed by atoms with E-state index in [1.165, 1.54) is 6.26 Å². The summed E-state index contributed by atoms with van der Waals surface area (Å²) in [6.07, 6.45) is 3.24. The highest BCUT2D eigenvalue weighted by Gasteiger charge is 2.17. The van der Waals surface area contributed by atoms with E-state index >= 15 is 0 Å². The number of anilines is 2. The number of nitrogens with one attached hydrogen (secondary N) is 1. The number of hydrogen-bond acceptors (Lipinski definition) is 6. The topological polar surface area (TPSA) is 77.1 Å². The van der Waals surface area contributed by atoms with Crippen LogP contribution in [0.5, 0.6) is 17.2 Å². The van der Waals surface area contributed by atoms with Gasteiger partial charge in [-0.25, -0.2) is 8.42 Å². The van der Waals surface area contributed by atoms with Crippen LogP contribution in [0, 0.1) is 6.92 Å². The van der Waals surface area contributed by atoms with Gasteiger partial charge in [0.2, 0.25) is 10.0 Å². The van der Waals surface area contributed by atoms with Crippen molar-refractivity contribution in [2.75, 3.05) is 29.1 Å². The Morgan fingerprint density at radius 2 is 1.56 bits per heavy atom. The highest BCUT2D eigenvalue weighted by molar-refractivity contribution is 7.92. The molecule has 4 aromatic rings. The molecule has 1 aliphatic rings. The molecule has 0 saturated carbocycles. The molecular weight excluding hydrogens is 536 g/mol. The van der Waals surface area contributed by atoms with Crippen molar-refractivity contribution >= 4 is 21.4 Å². The lowest BCUT2D eigenvalue weighted by Gasteiger charge is -2.28. The van der Waals surface area contributed by atoms with Crippen molar-refractivity contribution in [3.8, 4) is 17.2 Å². The van der Waals surface area contributed by atoms with Crippen molar-refractivity contribution in [3.05, 3.63) is 114 Å². The maximum atomic E-state index is 11.9. The fourth-order valence-corrected chi connectivity index (χ4v) is 5.55. The Balaban J connectivity index is 1.32. The van der Waals surface area contributed by atoms with E-state index in [0.29, 0.717) is 31.1 Å². The van der Waals surface area contributed by atoms with Crippen LogP contribution in [0.25, 0.3) is 0 Å². The zero-order chi connectivity index (χ0) is 28.7. The van der Waals surface area contributed by atoms with E-state index in [2.05, 4.69) is 33.9 Å². The predicted molar refractivity (Wildman–Crippen MR) is 163 cm³/mol. The summed E-state index contributed by atoms with van der Waals surface area (Å²) < 4.78 is 44.3. The van der Waals surface area contributed by atoms with Crippen molar-refractivity contribution in [1.29, 1.82) is 0 Å². The number of hydrogen-bond donors (Lipinski definition) is 1. The van der Waals surface area contributed by atoms with E-state index in [-0.39, 0.29) is 6.10 Å². The predicted octanol–water partition coefficient (Wildman–Crippen LogP) is 6.92. The van der Waals surface area contributed by atoms with Crippen LogP contribution >= 0.6 is 0 Å². The first-order chi connectivity index (χ1) is 19.8. The van der Waals surface area contributed by atoms with Crippen molar-refractivity contribution in [2.45, 2.75) is 39.0 Å². The van der Waals surface area contributed by atoms with Gasteiger partial charge < -0.3 is 19.1 Å². The summed E-state index contributed by atoms with van der Waals surface area (Å²) in [5.74, 6) is 2.22. The molecule has 1 aliphatic heterocycles. The number of ether oxygens (including phenoxy) is 3. The maximum Gasteiger partial charge on any atom is 0.229 e. The molecule has 8 heteroatoms. The van der Waals surface area contributed by atoms with Gasteiger partial charge in [0.15, 0.2) is 0 Å². The summed E-state index contributed by atoms with van der Waals surface area (Å²) in [6, 6.07) is 31.7. The van der Waals surface area contributed by atoms with Crippen molar-refractivity contribution in [2.24, 2.45) is 0 Å². The second-order valence-electron chi connectivity index (χ2n) is 10.3. The largest absolute Gasteiger partial charge is 0.488 e. The molecule has 0 bridgehead atoms. The summed E-state index contributed by atoms with van der Waals surface area (Å²) in [6.45, 7) is 4.66. The second-order valence-corrected chi connectivity index (χ2v) is 12.1. The van der Waals surface area contributed by atoms with Crippen LogP contribution in [0.15, 0.2) is 97.1 Å². The Bertz CT molecular complexity index is 1540. The highest BCUT2D eigenvalue weighted by Crippen LogP contribution is 2.31. The van der Waals surface area contributed by atoms with Crippen LogP contribution in [0.4, 0.5) is 11.4 Å². The molecule has 1 fully saturated rings. The molecule has 0 radical (unpaired) electrons. The molecule has 1 saturated heterocycles. The lowest BCUT2D eigenvalue weighted by Crippen LogP contribution is -2.27. The molecule has 0 aliphatic carbocycles. The Labute approximate surface area is 242 Å². The van der Waals surface area contributed by atoms with Crippen LogP contribution in [-0.4, -0.2) is 34.0 Å². The van der Waals surface area contributed by atoms with Crippen LogP contribution < -0.4 is 19.1 Å². The zero-order valence-corrected chi connectivity index (χ0v) is 24.3. The summed E-state index contributed by atoms with van der Waals surface area (Å²) in [5, 5.41) is 0. The molecule has 1 unspecified atom stereocenters. The third-order valence-electron chi connectivity index (χ3n) is 6.92. The molecule has 0 amide bonds. The number of nitrogens with zero attached hydrogens (tertiary/aromatic N) is 1. The van der Waals surface area contributed by atoms with E-state index in [1.54, 1.807) is 6.07 Å². The van der Waals surface area contributed by atoms with E-state index in [9.17, 15) is 8.42 Å². The van der Waals surface area contributed by atoms with Gasteiger partial charge in [-0.2, -0.15) is 0 Å². The summed E-state index contributed by atoms with van der Waals surface area (Å²) in [4.78, 5) is 2.25. The van der Waals surface area contributed by atoms with Gasteiger partial charge in [-0.15, -0.1) is 0 Å². The molecule has 1 atom stereocenters. The average molecular weight is 573 g/mol. The highest BCUT2D eigenvalue weighted by atomic mass is 32.2. The van der Waals surface area contributed by atoms with Gasteiger partial charge >= 0.3 is 0 Å². The summed E-state index contributed by atoms with van der Waals surface area (Å²) in [7, 11) is -3.40. The molecular formula is C33H36N2O5S. The first-order valence-electron chi connectivity index (χ1n) is 13.8. The lowest BCUT2D eigenvalue weighted by atomic mass is 10.1. The molecule has 1 heterocycles. The van der Waals surface area contributed by atoms with E-state index in [4.69, 9.17) is 14.2 Å². The van der Waals surface area contributed by atoms with Gasteiger partial charge in [-0.1, -0.05) is 54.6 Å². The maximum absolute atomic E-state index is 11.9. The molecule has 0 spiro atoms. The second kappa shape index (κ2) is 13.1. The Morgan fingerprint density at radius 3 is 2.27 bits per heavy atom. The third kappa shape index (κ3) is 8.25. The average Bonchev–Trinajstić information content (AvgIpc) is 2.96. The molecule has 5 rings (SSSR count). The smallest absolute Gasteiger partial charge is 0.229 e. The van der Waals surface area contributed by atoms with E-state index in [0.717, 1.165) is 53.3 Å². The summed E-state index contributed by atoms with van der Waals surface area (Å²) in [5.41, 5.74) is 4.67.